The molecule has 2 nitrogen and oxygen atoms in total. The number of hydrogen-bond donors (Lipinski definition) is 2. The summed E-state index contributed by atoms with van der Waals surface area (Å²) >= 11 is 0. The Hall–Kier alpha value is -0.0800. The summed E-state index contributed by atoms with van der Waals surface area (Å²) in [6.45, 7) is 7.10. The van der Waals surface area contributed by atoms with Gasteiger partial charge in [0.25, 0.3) is 0 Å². The average molecular weight is 159 g/mol. The highest BCUT2D eigenvalue weighted by Gasteiger charge is 2.15. The van der Waals surface area contributed by atoms with Crippen LogP contribution in [0.1, 0.15) is 33.6 Å². The Morgan fingerprint density at radius 1 is 1.36 bits per heavy atom. The van der Waals surface area contributed by atoms with Crippen LogP contribution in [0.25, 0.3) is 0 Å². The van der Waals surface area contributed by atoms with Crippen LogP contribution in [0.2, 0.25) is 0 Å². The second-order valence-electron chi connectivity index (χ2n) is 3.37. The molecule has 0 amide bonds. The lowest BCUT2D eigenvalue weighted by Crippen LogP contribution is -2.19. The van der Waals surface area contributed by atoms with Crippen LogP contribution in [0.3, 0.4) is 0 Å². The van der Waals surface area contributed by atoms with Crippen molar-refractivity contribution in [2.45, 2.75) is 39.7 Å². The predicted molar refractivity (Wildman–Crippen MR) is 45.5 cm³/mol. The van der Waals surface area contributed by atoms with Gasteiger partial charge in [-0.25, -0.2) is 0 Å². The molecule has 0 fully saturated rings. The lowest BCUT2D eigenvalue weighted by molar-refractivity contribution is 0.0855. The van der Waals surface area contributed by atoms with Crippen LogP contribution < -0.4 is 0 Å². The van der Waals surface area contributed by atoms with E-state index in [0.717, 1.165) is 19.4 Å². The van der Waals surface area contributed by atoms with Gasteiger partial charge in [0.15, 0.2) is 0 Å². The third kappa shape index (κ3) is 4.38. The summed E-state index contributed by atoms with van der Waals surface area (Å²) < 4.78 is 0. The van der Waals surface area contributed by atoms with Crippen molar-refractivity contribution in [1.29, 1.82) is 0 Å². The second-order valence-corrected chi connectivity index (χ2v) is 3.37. The molecule has 0 saturated heterocycles. The number of aliphatic hydroxyl groups excluding tert-OH is 2. The van der Waals surface area contributed by atoms with Crippen molar-refractivity contribution >= 4 is 0 Å². The Morgan fingerprint density at radius 3 is 2.27 bits per heavy atom. The first-order valence-electron chi connectivity index (χ1n) is 4.27. The van der Waals surface area contributed by atoms with Crippen molar-refractivity contribution in [3.05, 3.63) is 6.61 Å². The molecule has 2 heteroatoms. The van der Waals surface area contributed by atoms with Gasteiger partial charge in [0.2, 0.25) is 0 Å². The molecular formula is C9H19O2. The molecule has 0 saturated carbocycles. The van der Waals surface area contributed by atoms with Gasteiger partial charge in [-0.2, -0.15) is 0 Å². The smallest absolute Gasteiger partial charge is 0.108 e. The highest BCUT2D eigenvalue weighted by atomic mass is 16.3. The van der Waals surface area contributed by atoms with Crippen molar-refractivity contribution in [1.82, 2.24) is 0 Å². The summed E-state index contributed by atoms with van der Waals surface area (Å²) in [7, 11) is 0. The van der Waals surface area contributed by atoms with Gasteiger partial charge in [0.1, 0.15) is 6.61 Å². The van der Waals surface area contributed by atoms with E-state index in [4.69, 9.17) is 10.2 Å². The van der Waals surface area contributed by atoms with Crippen LogP contribution in [0.4, 0.5) is 0 Å². The zero-order valence-corrected chi connectivity index (χ0v) is 7.62. The van der Waals surface area contributed by atoms with E-state index in [-0.39, 0.29) is 5.92 Å². The highest BCUT2D eigenvalue weighted by molar-refractivity contribution is 4.72. The highest BCUT2D eigenvalue weighted by Crippen LogP contribution is 2.18. The monoisotopic (exact) mass is 159 g/mol. The summed E-state index contributed by atoms with van der Waals surface area (Å²) in [4.78, 5) is 0. The van der Waals surface area contributed by atoms with E-state index in [1.54, 1.807) is 0 Å². The van der Waals surface area contributed by atoms with Crippen molar-refractivity contribution in [2.75, 3.05) is 0 Å². The molecule has 0 aliphatic carbocycles. The van der Waals surface area contributed by atoms with Gasteiger partial charge in [-0.15, -0.1) is 0 Å². The topological polar surface area (TPSA) is 40.5 Å². The molecule has 11 heavy (non-hydrogen) atoms. The van der Waals surface area contributed by atoms with E-state index in [1.807, 2.05) is 6.92 Å². The van der Waals surface area contributed by atoms with E-state index in [2.05, 4.69) is 13.8 Å². The molecule has 0 aromatic carbocycles. The summed E-state index contributed by atoms with van der Waals surface area (Å²) in [6.07, 6.45) is 1.43. The van der Waals surface area contributed by atoms with Gasteiger partial charge >= 0.3 is 0 Å². The molecule has 0 aromatic rings. The van der Waals surface area contributed by atoms with Crippen molar-refractivity contribution in [2.24, 2.45) is 11.8 Å². The molecule has 2 N–H and O–H groups in total. The van der Waals surface area contributed by atoms with E-state index >= 15 is 0 Å². The molecule has 0 heterocycles. The van der Waals surface area contributed by atoms with E-state index in [0.29, 0.717) is 5.92 Å². The fourth-order valence-corrected chi connectivity index (χ4v) is 1.09. The van der Waals surface area contributed by atoms with Gasteiger partial charge in [-0.3, -0.25) is 0 Å². The fraction of sp³-hybridized carbons (Fsp3) is 0.889. The van der Waals surface area contributed by atoms with Crippen LogP contribution in [-0.2, 0) is 0 Å². The zero-order valence-electron chi connectivity index (χ0n) is 7.62. The maximum Gasteiger partial charge on any atom is 0.108 e. The SMILES string of the molecule is CCC(C)CC(C)C(O)[CH]O. The molecular weight excluding hydrogens is 140 g/mol. The maximum atomic E-state index is 9.17. The summed E-state index contributed by atoms with van der Waals surface area (Å²) in [5, 5.41) is 17.7. The average Bonchev–Trinajstić information content (AvgIpc) is 2.02. The lowest BCUT2D eigenvalue weighted by atomic mass is 9.92. The molecule has 0 aliphatic rings. The third-order valence-electron chi connectivity index (χ3n) is 2.21. The summed E-state index contributed by atoms with van der Waals surface area (Å²) in [5.41, 5.74) is 0. The Morgan fingerprint density at radius 2 is 1.91 bits per heavy atom. The summed E-state index contributed by atoms with van der Waals surface area (Å²) in [5.74, 6) is 0.787. The van der Waals surface area contributed by atoms with Crippen LogP contribution in [-0.4, -0.2) is 16.3 Å². The van der Waals surface area contributed by atoms with Crippen molar-refractivity contribution in [3.63, 3.8) is 0 Å². The molecule has 0 aliphatic heterocycles. The van der Waals surface area contributed by atoms with Crippen LogP contribution >= 0.6 is 0 Å². The van der Waals surface area contributed by atoms with Gasteiger partial charge in [-0.05, 0) is 18.3 Å². The summed E-state index contributed by atoms with van der Waals surface area (Å²) in [6, 6.07) is 0. The van der Waals surface area contributed by atoms with Crippen molar-refractivity contribution < 1.29 is 10.2 Å². The van der Waals surface area contributed by atoms with Crippen LogP contribution in [0.15, 0.2) is 0 Å². The van der Waals surface area contributed by atoms with Gasteiger partial charge in [0, 0.05) is 0 Å². The van der Waals surface area contributed by atoms with E-state index in [1.165, 1.54) is 0 Å². The van der Waals surface area contributed by atoms with Crippen LogP contribution in [0.5, 0.6) is 0 Å². The molecule has 0 spiro atoms. The fourth-order valence-electron chi connectivity index (χ4n) is 1.09. The molecule has 3 atom stereocenters. The van der Waals surface area contributed by atoms with Gasteiger partial charge in [0.05, 0.1) is 6.10 Å². The molecule has 0 rings (SSSR count). The molecule has 0 bridgehead atoms. The first-order valence-corrected chi connectivity index (χ1v) is 4.27. The minimum absolute atomic E-state index is 0.162. The third-order valence-corrected chi connectivity index (χ3v) is 2.21. The predicted octanol–water partition coefficient (Wildman–Crippen LogP) is 1.95. The maximum absolute atomic E-state index is 9.17. The minimum Gasteiger partial charge on any atom is -0.390 e. The number of rotatable bonds is 5. The first kappa shape index (κ1) is 10.9. The minimum atomic E-state index is -0.663. The van der Waals surface area contributed by atoms with Gasteiger partial charge in [-0.1, -0.05) is 27.2 Å². The van der Waals surface area contributed by atoms with E-state index < -0.39 is 6.10 Å². The Bertz CT molecular complexity index is 93.6. The van der Waals surface area contributed by atoms with Gasteiger partial charge < -0.3 is 10.2 Å². The molecule has 0 aromatic heterocycles. The quantitative estimate of drug-likeness (QED) is 0.643. The molecule has 3 unspecified atom stereocenters. The number of aliphatic hydroxyl groups is 2. The largest absolute Gasteiger partial charge is 0.390 e. The van der Waals surface area contributed by atoms with Crippen molar-refractivity contribution in [3.8, 4) is 0 Å². The number of hydrogen-bond acceptors (Lipinski definition) is 2. The first-order chi connectivity index (χ1) is 5.11. The van der Waals surface area contributed by atoms with Crippen LogP contribution in [0, 0.1) is 18.4 Å². The lowest BCUT2D eigenvalue weighted by Gasteiger charge is -2.19. The zero-order chi connectivity index (χ0) is 8.85. The molecule has 1 radical (unpaired) electrons. The standard InChI is InChI=1S/C9H19O2/c1-4-7(2)5-8(3)9(11)6-10/h6-11H,4-5H2,1-3H3. The Balaban J connectivity index is 3.58. The Kier molecular flexibility index (Phi) is 5.51. The molecule has 67 valence electrons. The normalized spacial score (nSPS) is 19.4. The second kappa shape index (κ2) is 5.56. The Labute approximate surface area is 69.2 Å². The van der Waals surface area contributed by atoms with E-state index in [9.17, 15) is 0 Å².